The molecule has 1 aliphatic carbocycles. The molecule has 2 atom stereocenters. The van der Waals surface area contributed by atoms with Crippen molar-refractivity contribution in [2.45, 2.75) is 82.8 Å². The fraction of sp³-hybridized carbons (Fsp3) is 0.929. The number of hydrogen-bond donors (Lipinski definition) is 1. The molecule has 3 heteroatoms. The minimum absolute atomic E-state index is 0.200. The Balaban J connectivity index is 1.98. The number of amides is 1. The highest BCUT2D eigenvalue weighted by atomic mass is 16.2. The van der Waals surface area contributed by atoms with E-state index in [9.17, 15) is 4.79 Å². The van der Waals surface area contributed by atoms with E-state index in [0.717, 1.165) is 25.7 Å². The first kappa shape index (κ1) is 12.9. The highest BCUT2D eigenvalue weighted by Crippen LogP contribution is 2.32. The average molecular weight is 238 g/mol. The molecule has 3 nitrogen and oxygen atoms in total. The van der Waals surface area contributed by atoms with Gasteiger partial charge in [0, 0.05) is 24.0 Å². The second-order valence-electron chi connectivity index (χ2n) is 6.18. The van der Waals surface area contributed by atoms with Crippen molar-refractivity contribution < 1.29 is 4.79 Å². The van der Waals surface area contributed by atoms with Crippen LogP contribution in [0, 0.1) is 0 Å². The zero-order valence-corrected chi connectivity index (χ0v) is 11.2. The van der Waals surface area contributed by atoms with Crippen molar-refractivity contribution in [2.24, 2.45) is 5.73 Å². The van der Waals surface area contributed by atoms with Gasteiger partial charge in [-0.25, -0.2) is 0 Å². The summed E-state index contributed by atoms with van der Waals surface area (Å²) in [6.07, 6.45) is 8.53. The van der Waals surface area contributed by atoms with Gasteiger partial charge in [0.1, 0.15) is 0 Å². The molecule has 0 unspecified atom stereocenters. The van der Waals surface area contributed by atoms with Crippen LogP contribution in [-0.4, -0.2) is 28.4 Å². The third-order valence-corrected chi connectivity index (χ3v) is 4.58. The van der Waals surface area contributed by atoms with Gasteiger partial charge in [0.2, 0.25) is 5.91 Å². The van der Waals surface area contributed by atoms with Crippen LogP contribution in [-0.2, 0) is 4.79 Å². The number of hydrogen-bond acceptors (Lipinski definition) is 2. The van der Waals surface area contributed by atoms with Crippen LogP contribution in [0.5, 0.6) is 0 Å². The summed E-state index contributed by atoms with van der Waals surface area (Å²) in [5.41, 5.74) is 6.11. The van der Waals surface area contributed by atoms with Crippen molar-refractivity contribution in [2.75, 3.05) is 0 Å². The molecule has 1 saturated heterocycles. The number of nitrogens with zero attached hydrogens (tertiary/aromatic N) is 1. The maximum Gasteiger partial charge on any atom is 0.224 e. The van der Waals surface area contributed by atoms with Crippen LogP contribution in [0.4, 0.5) is 0 Å². The molecule has 0 aromatic heterocycles. The monoisotopic (exact) mass is 238 g/mol. The molecule has 17 heavy (non-hydrogen) atoms. The fourth-order valence-electron chi connectivity index (χ4n) is 3.56. The van der Waals surface area contributed by atoms with Crippen molar-refractivity contribution in [3.05, 3.63) is 0 Å². The molecule has 0 bridgehead atoms. The smallest absolute Gasteiger partial charge is 0.224 e. The van der Waals surface area contributed by atoms with E-state index in [0.29, 0.717) is 18.5 Å². The van der Waals surface area contributed by atoms with Crippen LogP contribution in [0.25, 0.3) is 0 Å². The van der Waals surface area contributed by atoms with Crippen LogP contribution < -0.4 is 5.73 Å². The minimum Gasteiger partial charge on any atom is -0.337 e. The fourth-order valence-corrected chi connectivity index (χ4v) is 3.56. The van der Waals surface area contributed by atoms with E-state index in [4.69, 9.17) is 5.73 Å². The zero-order valence-electron chi connectivity index (χ0n) is 11.2. The third-order valence-electron chi connectivity index (χ3n) is 4.58. The van der Waals surface area contributed by atoms with Crippen LogP contribution >= 0.6 is 0 Å². The standard InChI is InChI=1S/C14H26N2O/c1-11-6-5-7-12(2)16(11)13(17)10-14(15)8-3-4-9-14/h11-12H,3-10,15H2,1-2H3/t11-,12+. The first-order valence-electron chi connectivity index (χ1n) is 7.12. The number of carbonyl (C=O) groups excluding carboxylic acids is 1. The van der Waals surface area contributed by atoms with Gasteiger partial charge in [0.05, 0.1) is 0 Å². The second-order valence-corrected chi connectivity index (χ2v) is 6.18. The molecule has 0 spiro atoms. The maximum absolute atomic E-state index is 12.4. The summed E-state index contributed by atoms with van der Waals surface area (Å²) in [6.45, 7) is 4.34. The van der Waals surface area contributed by atoms with E-state index in [1.165, 1.54) is 19.3 Å². The first-order valence-corrected chi connectivity index (χ1v) is 7.12. The van der Waals surface area contributed by atoms with E-state index in [1.807, 2.05) is 0 Å². The van der Waals surface area contributed by atoms with Gasteiger partial charge in [-0.05, 0) is 46.0 Å². The Morgan fingerprint density at radius 2 is 1.71 bits per heavy atom. The Bertz CT molecular complexity index is 274. The molecule has 1 aliphatic heterocycles. The Hall–Kier alpha value is -0.570. The molecule has 1 heterocycles. The Morgan fingerprint density at radius 1 is 1.18 bits per heavy atom. The SMILES string of the molecule is C[C@@H]1CCC[C@H](C)N1C(=O)CC1(N)CCCC1. The van der Waals surface area contributed by atoms with E-state index < -0.39 is 0 Å². The van der Waals surface area contributed by atoms with Gasteiger partial charge in [0.15, 0.2) is 0 Å². The van der Waals surface area contributed by atoms with Gasteiger partial charge in [-0.1, -0.05) is 12.8 Å². The molecule has 2 aliphatic rings. The lowest BCUT2D eigenvalue weighted by molar-refractivity contribution is -0.138. The summed E-state index contributed by atoms with van der Waals surface area (Å²) in [5, 5.41) is 0. The van der Waals surface area contributed by atoms with Gasteiger partial charge in [-0.15, -0.1) is 0 Å². The third kappa shape index (κ3) is 2.82. The lowest BCUT2D eigenvalue weighted by Gasteiger charge is -2.40. The molecule has 1 amide bonds. The molecular formula is C14H26N2O. The Kier molecular flexibility index (Phi) is 3.76. The number of carbonyl (C=O) groups is 1. The molecule has 2 fully saturated rings. The molecule has 0 radical (unpaired) electrons. The number of rotatable bonds is 2. The molecule has 2 rings (SSSR count). The van der Waals surface area contributed by atoms with Crippen molar-refractivity contribution in [3.8, 4) is 0 Å². The molecular weight excluding hydrogens is 212 g/mol. The zero-order chi connectivity index (χ0) is 12.5. The van der Waals surface area contributed by atoms with Crippen molar-refractivity contribution in [3.63, 3.8) is 0 Å². The lowest BCUT2D eigenvalue weighted by Crippen LogP contribution is -2.51. The molecule has 98 valence electrons. The predicted octanol–water partition coefficient (Wildman–Crippen LogP) is 2.44. The highest BCUT2D eigenvalue weighted by molar-refractivity contribution is 5.78. The van der Waals surface area contributed by atoms with E-state index >= 15 is 0 Å². The minimum atomic E-state index is -0.200. The van der Waals surface area contributed by atoms with Crippen LogP contribution in [0.15, 0.2) is 0 Å². The average Bonchev–Trinajstić information content (AvgIpc) is 2.64. The number of nitrogens with two attached hydrogens (primary N) is 1. The first-order chi connectivity index (χ1) is 8.02. The van der Waals surface area contributed by atoms with Crippen molar-refractivity contribution in [1.29, 1.82) is 0 Å². The number of piperidine rings is 1. The molecule has 2 N–H and O–H groups in total. The van der Waals surface area contributed by atoms with Crippen LogP contribution in [0.3, 0.4) is 0 Å². The summed E-state index contributed by atoms with van der Waals surface area (Å²) in [5.74, 6) is 0.286. The van der Waals surface area contributed by atoms with Gasteiger partial charge in [-0.3, -0.25) is 4.79 Å². The topological polar surface area (TPSA) is 46.3 Å². The van der Waals surface area contributed by atoms with Crippen LogP contribution in [0.2, 0.25) is 0 Å². The van der Waals surface area contributed by atoms with Crippen LogP contribution in [0.1, 0.15) is 65.2 Å². The Labute approximate surface area is 105 Å². The van der Waals surface area contributed by atoms with Gasteiger partial charge in [0.25, 0.3) is 0 Å². The summed E-state index contributed by atoms with van der Waals surface area (Å²) in [4.78, 5) is 14.5. The van der Waals surface area contributed by atoms with Gasteiger partial charge >= 0.3 is 0 Å². The van der Waals surface area contributed by atoms with E-state index in [1.54, 1.807) is 0 Å². The maximum atomic E-state index is 12.4. The molecule has 1 saturated carbocycles. The number of likely N-dealkylation sites (tertiary alicyclic amines) is 1. The van der Waals surface area contributed by atoms with Gasteiger partial charge < -0.3 is 10.6 Å². The van der Waals surface area contributed by atoms with E-state index in [2.05, 4.69) is 18.7 Å². The Morgan fingerprint density at radius 3 is 2.24 bits per heavy atom. The normalized spacial score (nSPS) is 32.8. The van der Waals surface area contributed by atoms with Crippen molar-refractivity contribution >= 4 is 5.91 Å². The van der Waals surface area contributed by atoms with E-state index in [-0.39, 0.29) is 11.4 Å². The van der Waals surface area contributed by atoms with Crippen molar-refractivity contribution in [1.82, 2.24) is 4.90 Å². The highest BCUT2D eigenvalue weighted by Gasteiger charge is 2.36. The quantitative estimate of drug-likeness (QED) is 0.803. The second kappa shape index (κ2) is 4.97. The summed E-state index contributed by atoms with van der Waals surface area (Å²) >= 11 is 0. The summed E-state index contributed by atoms with van der Waals surface area (Å²) in [6, 6.07) is 0.799. The summed E-state index contributed by atoms with van der Waals surface area (Å²) < 4.78 is 0. The summed E-state index contributed by atoms with van der Waals surface area (Å²) in [7, 11) is 0. The lowest BCUT2D eigenvalue weighted by atomic mass is 9.91. The predicted molar refractivity (Wildman–Crippen MR) is 69.6 cm³/mol. The molecule has 0 aromatic rings. The van der Waals surface area contributed by atoms with Gasteiger partial charge in [-0.2, -0.15) is 0 Å². The molecule has 0 aromatic carbocycles. The largest absolute Gasteiger partial charge is 0.337 e.